The van der Waals surface area contributed by atoms with E-state index >= 15 is 0 Å². The number of thioether (sulfide) groups is 1. The molecule has 104 valence electrons. The minimum absolute atomic E-state index is 0.0281. The average molecular weight is 294 g/mol. The maximum Gasteiger partial charge on any atom is 0.200 e. The number of anilines is 1. The molecule has 0 bridgehead atoms. The second kappa shape index (κ2) is 4.80. The molecule has 0 saturated carbocycles. The smallest absolute Gasteiger partial charge is 0.200 e. The fraction of sp³-hybridized carbons (Fsp3) is 0.444. The van der Waals surface area contributed by atoms with Crippen molar-refractivity contribution in [2.75, 3.05) is 11.5 Å². The Kier molecular flexibility index (Phi) is 3.10. The minimum Gasteiger partial charge on any atom is -0.389 e. The Balaban J connectivity index is 2.24. The Morgan fingerprint density at radius 2 is 2.30 bits per heavy atom. The summed E-state index contributed by atoms with van der Waals surface area (Å²) in [7, 11) is 0. The van der Waals surface area contributed by atoms with Crippen LogP contribution in [0.5, 0.6) is 0 Å². The van der Waals surface area contributed by atoms with Crippen LogP contribution in [0, 0.1) is 0 Å². The number of hydrogen-bond acceptors (Lipinski definition) is 8. The number of azide groups is 1. The molecule has 11 heteroatoms. The molecule has 10 nitrogen and oxygen atoms in total. The Hall–Kier alpha value is -2.07. The number of imidazole rings is 1. The number of aromatic nitrogens is 4. The third-order valence-electron chi connectivity index (χ3n) is 3.00. The predicted octanol–water partition coefficient (Wildman–Crippen LogP) is 0.317. The fourth-order valence-electron chi connectivity index (χ4n) is 2.07. The Bertz CT molecular complexity index is 711. The molecule has 0 amide bonds. The van der Waals surface area contributed by atoms with Gasteiger partial charge in [-0.05, 0) is 10.6 Å². The first-order valence-electron chi connectivity index (χ1n) is 5.64. The van der Waals surface area contributed by atoms with Crippen molar-refractivity contribution in [2.24, 2.45) is 5.11 Å². The summed E-state index contributed by atoms with van der Waals surface area (Å²) in [6.07, 6.45) is -0.611. The number of nitrogens with zero attached hydrogens (tertiary/aromatic N) is 7. The Morgan fingerprint density at radius 3 is 2.95 bits per heavy atom. The number of rotatable bonds is 2. The minimum atomic E-state index is -1.01. The molecule has 20 heavy (non-hydrogen) atoms. The van der Waals surface area contributed by atoms with Crippen LogP contribution in [0.4, 0.5) is 11.8 Å². The summed E-state index contributed by atoms with van der Waals surface area (Å²) in [6.45, 7) is 0. The maximum atomic E-state index is 10.0. The van der Waals surface area contributed by atoms with Gasteiger partial charge in [-0.25, -0.2) is 15.0 Å². The van der Waals surface area contributed by atoms with Gasteiger partial charge in [0.15, 0.2) is 22.9 Å². The first-order chi connectivity index (χ1) is 9.63. The average Bonchev–Trinajstić information content (AvgIpc) is 2.94. The summed E-state index contributed by atoms with van der Waals surface area (Å²) in [4.78, 5) is 14.7. The van der Waals surface area contributed by atoms with E-state index in [1.54, 1.807) is 0 Å². The molecule has 1 saturated heterocycles. The van der Waals surface area contributed by atoms with Crippen molar-refractivity contribution in [2.45, 2.75) is 17.6 Å². The summed E-state index contributed by atoms with van der Waals surface area (Å²) in [6, 6.07) is 0. The molecule has 0 unspecified atom stereocenters. The summed E-state index contributed by atoms with van der Waals surface area (Å²) in [5.74, 6) is 0.545. The van der Waals surface area contributed by atoms with Crippen LogP contribution in [0.2, 0.25) is 0 Å². The molecular formula is C9H10N8O2S. The van der Waals surface area contributed by atoms with Crippen LogP contribution in [-0.2, 0) is 0 Å². The van der Waals surface area contributed by atoms with Gasteiger partial charge >= 0.3 is 0 Å². The summed E-state index contributed by atoms with van der Waals surface area (Å²) < 4.78 is 1.47. The van der Waals surface area contributed by atoms with Gasteiger partial charge < -0.3 is 15.9 Å². The van der Waals surface area contributed by atoms with Crippen LogP contribution < -0.4 is 5.73 Å². The van der Waals surface area contributed by atoms with Crippen molar-refractivity contribution in [1.82, 2.24) is 19.5 Å². The van der Waals surface area contributed by atoms with Crippen LogP contribution in [-0.4, -0.2) is 47.7 Å². The molecule has 1 aliphatic heterocycles. The number of nitrogen functional groups attached to an aromatic ring is 1. The van der Waals surface area contributed by atoms with Gasteiger partial charge in [-0.3, -0.25) is 4.57 Å². The first-order valence-corrected chi connectivity index (χ1v) is 6.69. The van der Waals surface area contributed by atoms with Crippen molar-refractivity contribution in [3.63, 3.8) is 0 Å². The zero-order valence-electron chi connectivity index (χ0n) is 10.0. The summed E-state index contributed by atoms with van der Waals surface area (Å²) in [5, 5.41) is 22.6. The van der Waals surface area contributed by atoms with E-state index in [0.717, 1.165) is 0 Å². The third kappa shape index (κ3) is 1.84. The van der Waals surface area contributed by atoms with Crippen molar-refractivity contribution < 1.29 is 10.2 Å². The number of fused-ring (bicyclic) bond motifs is 1. The molecule has 2 aromatic rings. The van der Waals surface area contributed by atoms with Gasteiger partial charge in [0.1, 0.15) is 17.8 Å². The van der Waals surface area contributed by atoms with E-state index in [1.807, 2.05) is 0 Å². The zero-order chi connectivity index (χ0) is 14.3. The Labute approximate surface area is 116 Å². The molecule has 3 rings (SSSR count). The first kappa shape index (κ1) is 12.9. The lowest BCUT2D eigenvalue weighted by Crippen LogP contribution is -2.27. The molecule has 1 aliphatic rings. The maximum absolute atomic E-state index is 10.0. The highest BCUT2D eigenvalue weighted by Crippen LogP contribution is 2.41. The molecule has 1 fully saturated rings. The molecule has 0 radical (unpaired) electrons. The Morgan fingerprint density at radius 1 is 1.50 bits per heavy atom. The number of aliphatic hydroxyl groups is 2. The summed E-state index contributed by atoms with van der Waals surface area (Å²) >= 11 is 1.32. The van der Waals surface area contributed by atoms with Crippen molar-refractivity contribution >= 4 is 34.7 Å². The predicted molar refractivity (Wildman–Crippen MR) is 72.0 cm³/mol. The van der Waals surface area contributed by atoms with Gasteiger partial charge in [-0.15, -0.1) is 11.8 Å². The van der Waals surface area contributed by atoms with Crippen LogP contribution >= 0.6 is 11.8 Å². The van der Waals surface area contributed by atoms with Gasteiger partial charge in [0.05, 0.1) is 6.10 Å². The molecule has 0 aliphatic carbocycles. The number of hydrogen-bond donors (Lipinski definition) is 3. The standard InChI is InChI=1S/C9H10N8O2S/c10-6-4-7(13-2-12-6)17(9(14-4)15-16-11)8-5(19)3(18)1-20-8/h2-3,5,8,18-19H,1H2,(H2,10,12,13)/t3-,5-,8-/m1/s1. The van der Waals surface area contributed by atoms with Crippen molar-refractivity contribution in [3.05, 3.63) is 16.8 Å². The van der Waals surface area contributed by atoms with Crippen LogP contribution in [0.3, 0.4) is 0 Å². The highest BCUT2D eigenvalue weighted by atomic mass is 32.2. The van der Waals surface area contributed by atoms with Gasteiger partial charge in [-0.1, -0.05) is 0 Å². The van der Waals surface area contributed by atoms with E-state index in [0.29, 0.717) is 16.9 Å². The van der Waals surface area contributed by atoms with Crippen molar-refractivity contribution in [1.29, 1.82) is 0 Å². The lowest BCUT2D eigenvalue weighted by Gasteiger charge is -2.18. The van der Waals surface area contributed by atoms with E-state index in [1.165, 1.54) is 22.7 Å². The molecule has 2 aromatic heterocycles. The van der Waals surface area contributed by atoms with E-state index in [9.17, 15) is 10.2 Å². The summed E-state index contributed by atoms with van der Waals surface area (Å²) in [5.41, 5.74) is 15.0. The van der Waals surface area contributed by atoms with Gasteiger partial charge in [0, 0.05) is 10.7 Å². The van der Waals surface area contributed by atoms with Gasteiger partial charge in [0.2, 0.25) is 0 Å². The normalized spacial score (nSPS) is 25.8. The van der Waals surface area contributed by atoms with Crippen LogP contribution in [0.15, 0.2) is 11.4 Å². The van der Waals surface area contributed by atoms with E-state index in [2.05, 4.69) is 25.0 Å². The largest absolute Gasteiger partial charge is 0.389 e. The molecule has 0 aromatic carbocycles. The number of nitrogens with two attached hydrogens (primary N) is 1. The van der Waals surface area contributed by atoms with Crippen LogP contribution in [0.25, 0.3) is 21.6 Å². The number of aliphatic hydroxyl groups excluding tert-OH is 2. The second-order valence-electron chi connectivity index (χ2n) is 4.18. The van der Waals surface area contributed by atoms with E-state index < -0.39 is 17.6 Å². The fourth-order valence-corrected chi connectivity index (χ4v) is 3.38. The molecule has 3 heterocycles. The highest BCUT2D eigenvalue weighted by Gasteiger charge is 2.37. The zero-order valence-corrected chi connectivity index (χ0v) is 10.8. The highest BCUT2D eigenvalue weighted by molar-refractivity contribution is 7.99. The molecular weight excluding hydrogens is 284 g/mol. The monoisotopic (exact) mass is 294 g/mol. The second-order valence-corrected chi connectivity index (χ2v) is 5.33. The molecule has 0 spiro atoms. The third-order valence-corrected chi connectivity index (χ3v) is 4.36. The van der Waals surface area contributed by atoms with E-state index in [-0.39, 0.29) is 11.8 Å². The van der Waals surface area contributed by atoms with Gasteiger partial charge in [-0.2, -0.15) is 0 Å². The van der Waals surface area contributed by atoms with Crippen molar-refractivity contribution in [3.8, 4) is 0 Å². The van der Waals surface area contributed by atoms with Crippen LogP contribution in [0.1, 0.15) is 5.37 Å². The lowest BCUT2D eigenvalue weighted by atomic mass is 10.2. The topological polar surface area (TPSA) is 159 Å². The quantitative estimate of drug-likeness (QED) is 0.408. The van der Waals surface area contributed by atoms with E-state index in [4.69, 9.17) is 11.3 Å². The SMILES string of the molecule is [N-]=[N+]=Nc1nc2c(N)ncnc2n1[C@@H]1SC[C@@H](O)[C@H]1O. The molecule has 3 atom stereocenters. The lowest BCUT2D eigenvalue weighted by molar-refractivity contribution is 0.0316. The molecule has 4 N–H and O–H groups in total. The van der Waals surface area contributed by atoms with Gasteiger partial charge in [0.25, 0.3) is 0 Å².